The van der Waals surface area contributed by atoms with Gasteiger partial charge in [0.15, 0.2) is 0 Å². The average Bonchev–Trinajstić information content (AvgIpc) is 3.28. The third-order valence-electron chi connectivity index (χ3n) is 5.49. The number of hydrogen-bond acceptors (Lipinski definition) is 4. The van der Waals surface area contributed by atoms with Crippen molar-refractivity contribution in [2.75, 3.05) is 5.32 Å². The van der Waals surface area contributed by atoms with E-state index in [9.17, 15) is 4.79 Å². The zero-order valence-corrected chi connectivity index (χ0v) is 17.3. The minimum absolute atomic E-state index is 0.119. The van der Waals surface area contributed by atoms with E-state index in [1.165, 1.54) is 23.3 Å². The first-order chi connectivity index (χ1) is 14.1. The first-order valence-corrected chi connectivity index (χ1v) is 10.8. The van der Waals surface area contributed by atoms with E-state index in [4.69, 9.17) is 4.98 Å². The van der Waals surface area contributed by atoms with Gasteiger partial charge in [-0.05, 0) is 69.4 Å². The van der Waals surface area contributed by atoms with Crippen LogP contribution in [0.3, 0.4) is 0 Å². The molecule has 0 aliphatic heterocycles. The minimum Gasteiger partial charge on any atom is -0.338 e. The number of carbonyl (C=O) groups excluding carboxylic acids is 1. The largest absolute Gasteiger partial charge is 0.338 e. The lowest BCUT2D eigenvalue weighted by molar-refractivity contribution is 0.102. The van der Waals surface area contributed by atoms with Gasteiger partial charge < -0.3 is 10.3 Å². The van der Waals surface area contributed by atoms with Gasteiger partial charge in [-0.2, -0.15) is 0 Å². The van der Waals surface area contributed by atoms with E-state index in [0.717, 1.165) is 51.7 Å². The van der Waals surface area contributed by atoms with E-state index in [2.05, 4.69) is 15.3 Å². The van der Waals surface area contributed by atoms with Crippen molar-refractivity contribution in [1.82, 2.24) is 15.0 Å². The fourth-order valence-corrected chi connectivity index (χ4v) is 5.36. The number of aryl methyl sites for hydroxylation is 3. The summed E-state index contributed by atoms with van der Waals surface area (Å²) in [5, 5.41) is 4.04. The zero-order valence-electron chi connectivity index (χ0n) is 16.5. The number of imidazole rings is 1. The Labute approximate surface area is 173 Å². The molecule has 0 radical (unpaired) electrons. The number of anilines is 1. The molecule has 0 fully saturated rings. The number of aromatic nitrogens is 3. The summed E-state index contributed by atoms with van der Waals surface area (Å²) in [6, 6.07) is 11.8. The van der Waals surface area contributed by atoms with Crippen LogP contribution in [0.4, 0.5) is 5.00 Å². The van der Waals surface area contributed by atoms with E-state index < -0.39 is 0 Å². The summed E-state index contributed by atoms with van der Waals surface area (Å²) in [5.74, 6) is 0.714. The summed E-state index contributed by atoms with van der Waals surface area (Å²) in [4.78, 5) is 27.1. The molecule has 1 aliphatic carbocycles. The van der Waals surface area contributed by atoms with Gasteiger partial charge in [-0.25, -0.2) is 4.98 Å². The van der Waals surface area contributed by atoms with Crippen LogP contribution in [0.2, 0.25) is 0 Å². The highest BCUT2D eigenvalue weighted by molar-refractivity contribution is 7.17. The predicted octanol–water partition coefficient (Wildman–Crippen LogP) is 5.43. The minimum atomic E-state index is -0.119. The molecule has 3 aromatic heterocycles. The average molecular weight is 403 g/mol. The van der Waals surface area contributed by atoms with Gasteiger partial charge in [0.05, 0.1) is 27.9 Å². The van der Waals surface area contributed by atoms with E-state index in [1.54, 1.807) is 11.3 Å². The molecule has 0 saturated heterocycles. The molecular formula is C23H22N4OS. The van der Waals surface area contributed by atoms with Crippen molar-refractivity contribution in [2.45, 2.75) is 39.5 Å². The summed E-state index contributed by atoms with van der Waals surface area (Å²) >= 11 is 1.69. The van der Waals surface area contributed by atoms with Crippen LogP contribution in [-0.4, -0.2) is 20.9 Å². The van der Waals surface area contributed by atoms with E-state index in [0.29, 0.717) is 5.56 Å². The fraction of sp³-hybridized carbons (Fsp3) is 0.261. The van der Waals surface area contributed by atoms with Gasteiger partial charge in [0.2, 0.25) is 0 Å². The molecule has 0 bridgehead atoms. The third kappa shape index (κ3) is 3.23. The Morgan fingerprint density at radius 1 is 1.07 bits per heavy atom. The Kier molecular flexibility index (Phi) is 4.43. The number of H-pyrrole nitrogens is 1. The first-order valence-electron chi connectivity index (χ1n) is 9.95. The highest BCUT2D eigenvalue weighted by atomic mass is 32.1. The number of thiophene rings is 1. The van der Waals surface area contributed by atoms with Crippen molar-refractivity contribution >= 4 is 33.3 Å². The van der Waals surface area contributed by atoms with Crippen LogP contribution in [0.25, 0.3) is 22.4 Å². The van der Waals surface area contributed by atoms with E-state index in [-0.39, 0.29) is 5.91 Å². The molecule has 3 heterocycles. The number of hydrogen-bond donors (Lipinski definition) is 2. The second-order valence-electron chi connectivity index (χ2n) is 7.56. The van der Waals surface area contributed by atoms with Crippen molar-refractivity contribution in [1.29, 1.82) is 0 Å². The normalized spacial score (nSPS) is 13.4. The van der Waals surface area contributed by atoms with Gasteiger partial charge in [0, 0.05) is 10.6 Å². The molecule has 146 valence electrons. The molecule has 2 N–H and O–H groups in total. The molecule has 0 unspecified atom stereocenters. The van der Waals surface area contributed by atoms with E-state index >= 15 is 0 Å². The van der Waals surface area contributed by atoms with E-state index in [1.807, 2.05) is 50.2 Å². The summed E-state index contributed by atoms with van der Waals surface area (Å²) in [6.07, 6.45) is 4.46. The maximum atomic E-state index is 13.0. The van der Waals surface area contributed by atoms with Gasteiger partial charge in [-0.15, -0.1) is 11.3 Å². The van der Waals surface area contributed by atoms with Crippen LogP contribution in [-0.2, 0) is 12.8 Å². The van der Waals surface area contributed by atoms with Crippen LogP contribution < -0.4 is 5.32 Å². The molecule has 5 nitrogen and oxygen atoms in total. The lowest BCUT2D eigenvalue weighted by atomic mass is 9.95. The monoisotopic (exact) mass is 402 g/mol. The predicted molar refractivity (Wildman–Crippen MR) is 118 cm³/mol. The molecule has 4 aromatic rings. The molecule has 0 spiro atoms. The Morgan fingerprint density at radius 3 is 2.72 bits per heavy atom. The second-order valence-corrected chi connectivity index (χ2v) is 8.66. The topological polar surface area (TPSA) is 70.7 Å². The van der Waals surface area contributed by atoms with Gasteiger partial charge in [0.25, 0.3) is 5.91 Å². The highest BCUT2D eigenvalue weighted by Crippen LogP contribution is 2.43. The van der Waals surface area contributed by atoms with Crippen molar-refractivity contribution in [3.05, 3.63) is 63.8 Å². The second kappa shape index (κ2) is 7.12. The maximum absolute atomic E-state index is 13.0. The molecule has 0 saturated carbocycles. The molecule has 1 aromatic carbocycles. The molecule has 0 atom stereocenters. The number of para-hydroxylation sites is 2. The number of aromatic amines is 1. The SMILES string of the molecule is Cc1ccc(C(=O)Nc2sc3c(c2-c2nc4ccccc4[nH]2)CCCC3)c(C)n1. The quantitative estimate of drug-likeness (QED) is 0.480. The smallest absolute Gasteiger partial charge is 0.258 e. The van der Waals surface area contributed by atoms with Crippen LogP contribution in [0.15, 0.2) is 36.4 Å². The molecule has 29 heavy (non-hydrogen) atoms. The number of fused-ring (bicyclic) bond motifs is 2. The van der Waals surface area contributed by atoms with Crippen molar-refractivity contribution < 1.29 is 4.79 Å². The molecule has 1 amide bonds. The number of rotatable bonds is 3. The van der Waals surface area contributed by atoms with Crippen LogP contribution in [0, 0.1) is 13.8 Å². The van der Waals surface area contributed by atoms with Crippen molar-refractivity contribution in [3.8, 4) is 11.4 Å². The van der Waals surface area contributed by atoms with Crippen molar-refractivity contribution in [3.63, 3.8) is 0 Å². The Balaban J connectivity index is 1.59. The van der Waals surface area contributed by atoms with Gasteiger partial charge in [-0.1, -0.05) is 12.1 Å². The number of pyridine rings is 1. The standard InChI is InChI=1S/C23H22N4OS/c1-13-11-12-15(14(2)24-13)22(28)27-23-20(16-7-3-6-10-19(16)29-23)21-25-17-8-4-5-9-18(17)26-21/h4-5,8-9,11-12H,3,6-7,10H2,1-2H3,(H,25,26)(H,27,28). The molecule has 6 heteroatoms. The summed E-state index contributed by atoms with van der Waals surface area (Å²) in [6.45, 7) is 3.81. The number of nitrogens with zero attached hydrogens (tertiary/aromatic N) is 2. The lowest BCUT2D eigenvalue weighted by Crippen LogP contribution is -2.14. The van der Waals surface area contributed by atoms with Crippen LogP contribution >= 0.6 is 11.3 Å². The number of amides is 1. The Morgan fingerprint density at radius 2 is 1.90 bits per heavy atom. The molecule has 5 rings (SSSR count). The highest BCUT2D eigenvalue weighted by Gasteiger charge is 2.25. The number of carbonyl (C=O) groups is 1. The Hall–Kier alpha value is -2.99. The molecule has 1 aliphatic rings. The number of nitrogens with one attached hydrogen (secondary N) is 2. The first kappa shape index (κ1) is 18.1. The van der Waals surface area contributed by atoms with Gasteiger partial charge in [0.1, 0.15) is 10.8 Å². The lowest BCUT2D eigenvalue weighted by Gasteiger charge is -2.12. The van der Waals surface area contributed by atoms with Gasteiger partial charge in [-0.3, -0.25) is 9.78 Å². The summed E-state index contributed by atoms with van der Waals surface area (Å²) in [7, 11) is 0. The third-order valence-corrected chi connectivity index (χ3v) is 6.70. The van der Waals surface area contributed by atoms with Crippen LogP contribution in [0.1, 0.15) is 45.0 Å². The fourth-order valence-electron chi connectivity index (χ4n) is 4.07. The summed E-state index contributed by atoms with van der Waals surface area (Å²) < 4.78 is 0. The van der Waals surface area contributed by atoms with Crippen molar-refractivity contribution in [2.24, 2.45) is 0 Å². The van der Waals surface area contributed by atoms with Gasteiger partial charge >= 0.3 is 0 Å². The summed E-state index contributed by atoms with van der Waals surface area (Å²) in [5.41, 5.74) is 6.59. The maximum Gasteiger partial charge on any atom is 0.258 e. The number of benzene rings is 1. The molecular weight excluding hydrogens is 380 g/mol. The van der Waals surface area contributed by atoms with Crippen LogP contribution in [0.5, 0.6) is 0 Å². The zero-order chi connectivity index (χ0) is 20.0. The Bertz CT molecular complexity index is 1200.